The summed E-state index contributed by atoms with van der Waals surface area (Å²) in [6.07, 6.45) is 0.869. The average Bonchev–Trinajstić information content (AvgIpc) is 2.76. The number of benzene rings is 3. The van der Waals surface area contributed by atoms with Crippen molar-refractivity contribution in [1.29, 1.82) is 0 Å². The number of carbonyl (C=O) groups is 1. The van der Waals surface area contributed by atoms with Crippen LogP contribution in [0.2, 0.25) is 0 Å². The number of nitrogens with one attached hydrogen (secondary N) is 2. The second-order valence-corrected chi connectivity index (χ2v) is 9.87. The highest BCUT2D eigenvalue weighted by molar-refractivity contribution is 7.92. The molecule has 6 nitrogen and oxygen atoms in total. The fraction of sp³-hybridized carbons (Fsp3) is 0.240. The topological polar surface area (TPSA) is 84.5 Å². The molecule has 0 saturated carbocycles. The Morgan fingerprint density at radius 1 is 1.06 bits per heavy atom. The summed E-state index contributed by atoms with van der Waals surface area (Å²) < 4.78 is 46.2. The standard InChI is InChI=1S/C25H25FN2O4S/c1-16-13-17(2)25-22(14-16)23(11-12-32-25)27-24(29)15-18-3-7-20(8-4-18)28-33(30,31)21-9-5-19(26)6-10-21/h3-10,13-14,23,28H,11-12,15H2,1-2H3,(H,27,29). The number of carbonyl (C=O) groups excluding carboxylic acids is 1. The van der Waals surface area contributed by atoms with E-state index in [2.05, 4.69) is 22.2 Å². The Bertz CT molecular complexity index is 1270. The first-order chi connectivity index (χ1) is 15.7. The summed E-state index contributed by atoms with van der Waals surface area (Å²) in [5.41, 5.74) is 4.28. The van der Waals surface area contributed by atoms with Gasteiger partial charge in [0, 0.05) is 17.7 Å². The molecule has 3 aromatic rings. The van der Waals surface area contributed by atoms with Crippen molar-refractivity contribution in [3.05, 3.63) is 88.7 Å². The zero-order chi connectivity index (χ0) is 23.6. The van der Waals surface area contributed by atoms with Crippen LogP contribution in [0.25, 0.3) is 0 Å². The zero-order valence-electron chi connectivity index (χ0n) is 18.4. The fourth-order valence-corrected chi connectivity index (χ4v) is 5.04. The summed E-state index contributed by atoms with van der Waals surface area (Å²) in [6.45, 7) is 4.57. The lowest BCUT2D eigenvalue weighted by Gasteiger charge is -2.28. The van der Waals surface area contributed by atoms with Crippen LogP contribution < -0.4 is 14.8 Å². The number of fused-ring (bicyclic) bond motifs is 1. The van der Waals surface area contributed by atoms with Crippen LogP contribution in [-0.2, 0) is 21.2 Å². The summed E-state index contributed by atoms with van der Waals surface area (Å²) in [5.74, 6) is 0.215. The van der Waals surface area contributed by atoms with E-state index in [-0.39, 0.29) is 23.3 Å². The van der Waals surface area contributed by atoms with Crippen molar-refractivity contribution in [2.45, 2.75) is 37.6 Å². The van der Waals surface area contributed by atoms with Crippen molar-refractivity contribution in [2.24, 2.45) is 0 Å². The molecule has 2 N–H and O–H groups in total. The molecule has 0 fully saturated rings. The molecule has 0 radical (unpaired) electrons. The highest BCUT2D eigenvalue weighted by Crippen LogP contribution is 2.35. The van der Waals surface area contributed by atoms with Crippen molar-refractivity contribution in [1.82, 2.24) is 5.32 Å². The van der Waals surface area contributed by atoms with E-state index < -0.39 is 15.8 Å². The van der Waals surface area contributed by atoms with Gasteiger partial charge in [-0.15, -0.1) is 0 Å². The molecule has 33 heavy (non-hydrogen) atoms. The van der Waals surface area contributed by atoms with Crippen LogP contribution in [0, 0.1) is 19.7 Å². The van der Waals surface area contributed by atoms with Crippen molar-refractivity contribution >= 4 is 21.6 Å². The van der Waals surface area contributed by atoms with E-state index in [0.717, 1.165) is 40.1 Å². The zero-order valence-corrected chi connectivity index (χ0v) is 19.2. The van der Waals surface area contributed by atoms with Gasteiger partial charge in [-0.3, -0.25) is 9.52 Å². The van der Waals surface area contributed by atoms with E-state index >= 15 is 0 Å². The highest BCUT2D eigenvalue weighted by Gasteiger charge is 2.24. The van der Waals surface area contributed by atoms with Gasteiger partial charge in [0.05, 0.1) is 24.0 Å². The Morgan fingerprint density at radius 3 is 2.45 bits per heavy atom. The molecule has 4 rings (SSSR count). The first-order valence-corrected chi connectivity index (χ1v) is 12.1. The molecule has 1 amide bonds. The minimum Gasteiger partial charge on any atom is -0.493 e. The second kappa shape index (κ2) is 9.23. The predicted octanol–water partition coefficient (Wildman–Crippen LogP) is 4.43. The third-order valence-electron chi connectivity index (χ3n) is 5.51. The van der Waals surface area contributed by atoms with Crippen molar-refractivity contribution in [3.8, 4) is 5.75 Å². The molecule has 0 bridgehead atoms. The van der Waals surface area contributed by atoms with Gasteiger partial charge in [-0.1, -0.05) is 29.8 Å². The Balaban J connectivity index is 1.40. The van der Waals surface area contributed by atoms with E-state index in [0.29, 0.717) is 18.7 Å². The number of amides is 1. The van der Waals surface area contributed by atoms with Crippen molar-refractivity contribution in [3.63, 3.8) is 0 Å². The van der Waals surface area contributed by atoms with E-state index in [4.69, 9.17) is 4.74 Å². The molecule has 1 heterocycles. The van der Waals surface area contributed by atoms with Crippen LogP contribution in [0.1, 0.15) is 34.7 Å². The second-order valence-electron chi connectivity index (χ2n) is 8.19. The Hall–Kier alpha value is -3.39. The highest BCUT2D eigenvalue weighted by atomic mass is 32.2. The van der Waals surface area contributed by atoms with Gasteiger partial charge < -0.3 is 10.1 Å². The Kier molecular flexibility index (Phi) is 6.37. The maximum atomic E-state index is 13.1. The quantitative estimate of drug-likeness (QED) is 0.561. The molecule has 1 aliphatic rings. The lowest BCUT2D eigenvalue weighted by molar-refractivity contribution is -0.121. The summed E-state index contributed by atoms with van der Waals surface area (Å²) in [7, 11) is -3.83. The third-order valence-corrected chi connectivity index (χ3v) is 6.90. The SMILES string of the molecule is Cc1cc(C)c2c(c1)C(NC(=O)Cc1ccc(NS(=O)(=O)c3ccc(F)cc3)cc1)CCO2. The summed E-state index contributed by atoms with van der Waals surface area (Å²) in [4.78, 5) is 12.7. The Morgan fingerprint density at radius 2 is 1.76 bits per heavy atom. The van der Waals surface area contributed by atoms with Gasteiger partial charge in [0.2, 0.25) is 5.91 Å². The van der Waals surface area contributed by atoms with Gasteiger partial charge >= 0.3 is 0 Å². The van der Waals surface area contributed by atoms with Crippen LogP contribution in [0.3, 0.4) is 0 Å². The summed E-state index contributed by atoms with van der Waals surface area (Å²) >= 11 is 0. The number of ether oxygens (including phenoxy) is 1. The van der Waals surface area contributed by atoms with Gasteiger partial charge in [-0.25, -0.2) is 12.8 Å². The molecule has 8 heteroatoms. The lowest BCUT2D eigenvalue weighted by atomic mass is 9.95. The molecule has 1 unspecified atom stereocenters. The number of anilines is 1. The molecular formula is C25H25FN2O4S. The number of hydrogen-bond acceptors (Lipinski definition) is 4. The molecule has 0 aliphatic carbocycles. The van der Waals surface area contributed by atoms with E-state index in [9.17, 15) is 17.6 Å². The minimum absolute atomic E-state index is 0.0328. The summed E-state index contributed by atoms with van der Waals surface area (Å²) in [5, 5.41) is 3.10. The number of sulfonamides is 1. The lowest BCUT2D eigenvalue weighted by Crippen LogP contribution is -2.33. The molecule has 0 saturated heterocycles. The molecule has 0 aromatic heterocycles. The van der Waals surface area contributed by atoms with Crippen LogP contribution in [-0.4, -0.2) is 20.9 Å². The van der Waals surface area contributed by atoms with Gasteiger partial charge in [0.1, 0.15) is 11.6 Å². The first kappa shape index (κ1) is 22.8. The molecule has 1 aliphatic heterocycles. The molecule has 3 aromatic carbocycles. The van der Waals surface area contributed by atoms with Crippen LogP contribution in [0.4, 0.5) is 10.1 Å². The minimum atomic E-state index is -3.83. The van der Waals surface area contributed by atoms with E-state index in [1.165, 1.54) is 12.1 Å². The smallest absolute Gasteiger partial charge is 0.261 e. The van der Waals surface area contributed by atoms with Crippen LogP contribution in [0.15, 0.2) is 65.6 Å². The maximum absolute atomic E-state index is 13.1. The molecular weight excluding hydrogens is 443 g/mol. The van der Waals surface area contributed by atoms with Crippen molar-refractivity contribution < 1.29 is 22.3 Å². The number of hydrogen-bond donors (Lipinski definition) is 2. The molecule has 0 spiro atoms. The van der Waals surface area contributed by atoms with E-state index in [1.54, 1.807) is 24.3 Å². The molecule has 1 atom stereocenters. The normalized spacial score (nSPS) is 15.3. The number of halogens is 1. The maximum Gasteiger partial charge on any atom is 0.261 e. The monoisotopic (exact) mass is 468 g/mol. The average molecular weight is 469 g/mol. The number of aryl methyl sites for hydroxylation is 2. The van der Waals surface area contributed by atoms with Gasteiger partial charge in [-0.2, -0.15) is 0 Å². The van der Waals surface area contributed by atoms with Gasteiger partial charge in [0.15, 0.2) is 0 Å². The largest absolute Gasteiger partial charge is 0.493 e. The van der Waals surface area contributed by atoms with Gasteiger partial charge in [-0.05, 0) is 61.4 Å². The van der Waals surface area contributed by atoms with E-state index in [1.807, 2.05) is 13.8 Å². The summed E-state index contributed by atoms with van der Waals surface area (Å²) in [6, 6.07) is 15.2. The van der Waals surface area contributed by atoms with Gasteiger partial charge in [0.25, 0.3) is 10.0 Å². The Labute approximate surface area is 192 Å². The molecule has 172 valence electrons. The fourth-order valence-electron chi connectivity index (χ4n) is 3.98. The van der Waals surface area contributed by atoms with Crippen LogP contribution in [0.5, 0.6) is 5.75 Å². The third kappa shape index (κ3) is 5.34. The predicted molar refractivity (Wildman–Crippen MR) is 124 cm³/mol. The first-order valence-electron chi connectivity index (χ1n) is 10.6. The van der Waals surface area contributed by atoms with Crippen molar-refractivity contribution in [2.75, 3.05) is 11.3 Å². The number of rotatable bonds is 6. The van der Waals surface area contributed by atoms with Crippen LogP contribution >= 0.6 is 0 Å².